The largest absolute Gasteiger partial charge is 0.478 e. The summed E-state index contributed by atoms with van der Waals surface area (Å²) in [6.45, 7) is 0. The molecule has 0 spiro atoms. The van der Waals surface area contributed by atoms with Crippen molar-refractivity contribution in [3.63, 3.8) is 0 Å². The SMILES string of the molecule is O=C(O)c1cc(Cl)cc(NC(=O)c2cccc(Cl)c2)c1. The van der Waals surface area contributed by atoms with Crippen LogP contribution in [0, 0.1) is 0 Å². The summed E-state index contributed by atoms with van der Waals surface area (Å²) in [6.07, 6.45) is 0. The van der Waals surface area contributed by atoms with Gasteiger partial charge in [0.05, 0.1) is 5.56 Å². The monoisotopic (exact) mass is 309 g/mol. The van der Waals surface area contributed by atoms with E-state index in [1.165, 1.54) is 24.3 Å². The van der Waals surface area contributed by atoms with Crippen LogP contribution in [-0.4, -0.2) is 17.0 Å². The minimum atomic E-state index is -1.12. The number of carbonyl (C=O) groups is 2. The van der Waals surface area contributed by atoms with Crippen LogP contribution in [-0.2, 0) is 0 Å². The molecule has 20 heavy (non-hydrogen) atoms. The number of carboxylic acid groups (broad SMARTS) is 1. The molecule has 1 amide bonds. The van der Waals surface area contributed by atoms with Crippen LogP contribution in [0.15, 0.2) is 42.5 Å². The number of halogens is 2. The van der Waals surface area contributed by atoms with E-state index in [-0.39, 0.29) is 10.6 Å². The van der Waals surface area contributed by atoms with Crippen LogP contribution < -0.4 is 5.32 Å². The number of carboxylic acids is 1. The molecule has 0 aliphatic heterocycles. The number of rotatable bonds is 3. The molecule has 4 nitrogen and oxygen atoms in total. The first kappa shape index (κ1) is 14.4. The van der Waals surface area contributed by atoms with Gasteiger partial charge in [-0.25, -0.2) is 4.79 Å². The Kier molecular flexibility index (Phi) is 4.27. The number of hydrogen-bond acceptors (Lipinski definition) is 2. The van der Waals surface area contributed by atoms with Crippen LogP contribution in [0.25, 0.3) is 0 Å². The Balaban J connectivity index is 2.26. The van der Waals surface area contributed by atoms with Gasteiger partial charge in [-0.3, -0.25) is 4.79 Å². The van der Waals surface area contributed by atoms with Crippen molar-refractivity contribution in [1.29, 1.82) is 0 Å². The summed E-state index contributed by atoms with van der Waals surface area (Å²) >= 11 is 11.6. The number of aromatic carboxylic acids is 1. The molecule has 0 atom stereocenters. The number of nitrogens with one attached hydrogen (secondary N) is 1. The Bertz CT molecular complexity index is 686. The van der Waals surface area contributed by atoms with Crippen LogP contribution in [0.1, 0.15) is 20.7 Å². The maximum absolute atomic E-state index is 12.0. The Labute approximate surface area is 124 Å². The molecule has 102 valence electrons. The Morgan fingerprint density at radius 3 is 2.30 bits per heavy atom. The first-order valence-electron chi connectivity index (χ1n) is 5.56. The standard InChI is InChI=1S/C14H9Cl2NO3/c15-10-3-1-2-8(4-10)13(18)17-12-6-9(14(19)20)5-11(16)7-12/h1-7H,(H,17,18)(H,19,20). The minimum Gasteiger partial charge on any atom is -0.478 e. The van der Waals surface area contributed by atoms with Gasteiger partial charge in [-0.1, -0.05) is 29.3 Å². The number of anilines is 1. The Morgan fingerprint density at radius 2 is 1.65 bits per heavy atom. The van der Waals surface area contributed by atoms with E-state index in [9.17, 15) is 9.59 Å². The summed E-state index contributed by atoms with van der Waals surface area (Å²) in [5.74, 6) is -1.52. The third-order valence-corrected chi connectivity index (χ3v) is 2.94. The second kappa shape index (κ2) is 5.94. The third kappa shape index (κ3) is 3.50. The zero-order valence-electron chi connectivity index (χ0n) is 10.1. The van der Waals surface area contributed by atoms with Crippen LogP contribution in [0.4, 0.5) is 5.69 Å². The predicted molar refractivity (Wildman–Crippen MR) is 77.8 cm³/mol. The van der Waals surface area contributed by atoms with Gasteiger partial charge in [0.1, 0.15) is 0 Å². The topological polar surface area (TPSA) is 66.4 Å². The van der Waals surface area contributed by atoms with Crippen molar-refractivity contribution in [3.8, 4) is 0 Å². The predicted octanol–water partition coefficient (Wildman–Crippen LogP) is 3.94. The molecular weight excluding hydrogens is 301 g/mol. The minimum absolute atomic E-state index is 0.00102. The average molecular weight is 310 g/mol. The molecule has 2 aromatic rings. The molecule has 0 saturated heterocycles. The lowest BCUT2D eigenvalue weighted by molar-refractivity contribution is 0.0696. The first-order chi connectivity index (χ1) is 9.45. The van der Waals surface area contributed by atoms with Crippen LogP contribution in [0.3, 0.4) is 0 Å². The van der Waals surface area contributed by atoms with E-state index in [4.69, 9.17) is 28.3 Å². The molecule has 0 radical (unpaired) electrons. The number of carbonyl (C=O) groups excluding carboxylic acids is 1. The lowest BCUT2D eigenvalue weighted by Gasteiger charge is -2.07. The molecule has 0 bridgehead atoms. The van der Waals surface area contributed by atoms with Crippen molar-refractivity contribution in [1.82, 2.24) is 0 Å². The first-order valence-corrected chi connectivity index (χ1v) is 6.32. The molecule has 2 N–H and O–H groups in total. The fraction of sp³-hybridized carbons (Fsp3) is 0. The van der Waals surface area contributed by atoms with Crippen LogP contribution >= 0.6 is 23.2 Å². The number of amides is 1. The molecule has 0 saturated carbocycles. The summed E-state index contributed by atoms with van der Waals surface area (Å²) in [6, 6.07) is 10.5. The molecule has 0 heterocycles. The van der Waals surface area contributed by atoms with E-state index in [1.54, 1.807) is 18.2 Å². The summed E-state index contributed by atoms with van der Waals surface area (Å²) in [5.41, 5.74) is 0.674. The van der Waals surface area contributed by atoms with Crippen molar-refractivity contribution >= 4 is 40.8 Å². The smallest absolute Gasteiger partial charge is 0.335 e. The highest BCUT2D eigenvalue weighted by Crippen LogP contribution is 2.20. The van der Waals surface area contributed by atoms with Gasteiger partial charge in [0.25, 0.3) is 5.91 Å². The molecule has 2 rings (SSSR count). The van der Waals surface area contributed by atoms with Crippen LogP contribution in [0.5, 0.6) is 0 Å². The van der Waals surface area contributed by atoms with Crippen molar-refractivity contribution < 1.29 is 14.7 Å². The normalized spacial score (nSPS) is 10.1. The Hall–Kier alpha value is -2.04. The van der Waals surface area contributed by atoms with Crippen molar-refractivity contribution in [2.24, 2.45) is 0 Å². The lowest BCUT2D eigenvalue weighted by Crippen LogP contribution is -2.12. The summed E-state index contributed by atoms with van der Waals surface area (Å²) in [5, 5.41) is 12.2. The summed E-state index contributed by atoms with van der Waals surface area (Å²) < 4.78 is 0. The van der Waals surface area contributed by atoms with Crippen LogP contribution in [0.2, 0.25) is 10.0 Å². The third-order valence-electron chi connectivity index (χ3n) is 2.49. The van der Waals surface area contributed by atoms with Crippen molar-refractivity contribution in [2.45, 2.75) is 0 Å². The maximum Gasteiger partial charge on any atom is 0.335 e. The molecule has 0 aliphatic rings. The Morgan fingerprint density at radius 1 is 0.950 bits per heavy atom. The van der Waals surface area contributed by atoms with E-state index in [2.05, 4.69) is 5.32 Å². The molecule has 0 aromatic heterocycles. The lowest BCUT2D eigenvalue weighted by atomic mass is 10.1. The number of benzene rings is 2. The number of hydrogen-bond donors (Lipinski definition) is 2. The summed E-state index contributed by atoms with van der Waals surface area (Å²) in [7, 11) is 0. The molecule has 2 aromatic carbocycles. The quantitative estimate of drug-likeness (QED) is 0.902. The highest BCUT2D eigenvalue weighted by atomic mass is 35.5. The van der Waals surface area contributed by atoms with Gasteiger partial charge >= 0.3 is 5.97 Å². The molecule has 6 heteroatoms. The summed E-state index contributed by atoms with van der Waals surface area (Å²) in [4.78, 5) is 22.9. The van der Waals surface area contributed by atoms with E-state index in [0.29, 0.717) is 16.3 Å². The average Bonchev–Trinajstić information content (AvgIpc) is 2.37. The van der Waals surface area contributed by atoms with Crippen molar-refractivity contribution in [3.05, 3.63) is 63.6 Å². The second-order valence-electron chi connectivity index (χ2n) is 4.00. The zero-order chi connectivity index (χ0) is 14.7. The highest BCUT2D eigenvalue weighted by molar-refractivity contribution is 6.31. The van der Waals surface area contributed by atoms with Gasteiger partial charge < -0.3 is 10.4 Å². The fourth-order valence-electron chi connectivity index (χ4n) is 1.62. The van der Waals surface area contributed by atoms with Gasteiger partial charge in [0.15, 0.2) is 0 Å². The van der Waals surface area contributed by atoms with E-state index < -0.39 is 11.9 Å². The fourth-order valence-corrected chi connectivity index (χ4v) is 2.04. The van der Waals surface area contributed by atoms with E-state index in [1.807, 2.05) is 0 Å². The van der Waals surface area contributed by atoms with Gasteiger partial charge in [0, 0.05) is 21.3 Å². The highest BCUT2D eigenvalue weighted by Gasteiger charge is 2.10. The molecule has 0 aliphatic carbocycles. The zero-order valence-corrected chi connectivity index (χ0v) is 11.6. The maximum atomic E-state index is 12.0. The van der Waals surface area contributed by atoms with Gasteiger partial charge in [-0.2, -0.15) is 0 Å². The van der Waals surface area contributed by atoms with E-state index >= 15 is 0 Å². The second-order valence-corrected chi connectivity index (χ2v) is 4.87. The van der Waals surface area contributed by atoms with Gasteiger partial charge in [-0.15, -0.1) is 0 Å². The molecule has 0 unspecified atom stereocenters. The van der Waals surface area contributed by atoms with E-state index in [0.717, 1.165) is 0 Å². The van der Waals surface area contributed by atoms with Crippen molar-refractivity contribution in [2.75, 3.05) is 5.32 Å². The van der Waals surface area contributed by atoms with Gasteiger partial charge in [0.2, 0.25) is 0 Å². The molecule has 0 fully saturated rings. The van der Waals surface area contributed by atoms with Gasteiger partial charge in [-0.05, 0) is 36.4 Å². The molecular formula is C14H9Cl2NO3.